The molecule has 0 amide bonds. The first-order valence-electron chi connectivity index (χ1n) is 3.94. The highest BCUT2D eigenvalue weighted by atomic mass is 19.1. The summed E-state index contributed by atoms with van der Waals surface area (Å²) in [6.45, 7) is 0.596. The Morgan fingerprint density at radius 1 is 1.54 bits per heavy atom. The van der Waals surface area contributed by atoms with Crippen molar-refractivity contribution in [2.75, 3.05) is 11.9 Å². The van der Waals surface area contributed by atoms with Crippen molar-refractivity contribution >= 4 is 5.69 Å². The molecule has 0 aliphatic carbocycles. The normalized spacial score (nSPS) is 9.31. The zero-order valence-electron chi connectivity index (χ0n) is 7.18. The fourth-order valence-electron chi connectivity index (χ4n) is 1.08. The van der Waals surface area contributed by atoms with Gasteiger partial charge in [-0.15, -0.1) is 6.42 Å². The second kappa shape index (κ2) is 4.48. The van der Waals surface area contributed by atoms with Gasteiger partial charge in [0.15, 0.2) is 0 Å². The van der Waals surface area contributed by atoms with Crippen molar-refractivity contribution in [3.63, 3.8) is 0 Å². The third kappa shape index (κ3) is 2.20. The number of hydrogen-bond acceptors (Lipinski definition) is 2. The van der Waals surface area contributed by atoms with Gasteiger partial charge >= 0.3 is 0 Å². The summed E-state index contributed by atoms with van der Waals surface area (Å²) in [4.78, 5) is 0. The minimum Gasteiger partial charge on any atom is -0.372 e. The lowest BCUT2D eigenvalue weighted by Gasteiger charge is -2.08. The summed E-state index contributed by atoms with van der Waals surface area (Å²) in [5.41, 5.74) is 6.57. The molecule has 0 unspecified atom stereocenters. The third-order valence-corrected chi connectivity index (χ3v) is 1.69. The smallest absolute Gasteiger partial charge is 0.146 e. The Morgan fingerprint density at radius 2 is 2.31 bits per heavy atom. The van der Waals surface area contributed by atoms with Gasteiger partial charge in [0.05, 0.1) is 12.2 Å². The van der Waals surface area contributed by atoms with E-state index in [0.29, 0.717) is 18.8 Å². The van der Waals surface area contributed by atoms with E-state index in [9.17, 15) is 4.39 Å². The largest absolute Gasteiger partial charge is 0.372 e. The monoisotopic (exact) mass is 178 g/mol. The Hall–Kier alpha value is -1.53. The van der Waals surface area contributed by atoms with Gasteiger partial charge < -0.3 is 11.1 Å². The van der Waals surface area contributed by atoms with Crippen molar-refractivity contribution in [1.29, 1.82) is 0 Å². The molecule has 3 heteroatoms. The highest BCUT2D eigenvalue weighted by molar-refractivity contribution is 5.53. The van der Waals surface area contributed by atoms with Crippen molar-refractivity contribution in [2.45, 2.75) is 6.54 Å². The number of para-hydroxylation sites is 1. The lowest BCUT2D eigenvalue weighted by Crippen LogP contribution is -2.07. The topological polar surface area (TPSA) is 38.0 Å². The first kappa shape index (κ1) is 9.56. The van der Waals surface area contributed by atoms with Crippen LogP contribution in [-0.4, -0.2) is 6.54 Å². The van der Waals surface area contributed by atoms with Gasteiger partial charge in [-0.1, -0.05) is 18.1 Å². The second-order valence-corrected chi connectivity index (χ2v) is 2.54. The molecule has 0 atom stereocenters. The highest BCUT2D eigenvalue weighted by Gasteiger charge is 2.04. The van der Waals surface area contributed by atoms with E-state index in [1.165, 1.54) is 6.07 Å². The van der Waals surface area contributed by atoms with E-state index in [1.54, 1.807) is 12.1 Å². The Bertz CT molecular complexity index is 328. The Labute approximate surface area is 76.9 Å². The molecule has 0 saturated carbocycles. The maximum Gasteiger partial charge on any atom is 0.146 e. The molecule has 2 nitrogen and oxygen atoms in total. The van der Waals surface area contributed by atoms with Crippen LogP contribution in [0.4, 0.5) is 10.1 Å². The number of rotatable bonds is 3. The van der Waals surface area contributed by atoms with Crippen LogP contribution >= 0.6 is 0 Å². The fourth-order valence-corrected chi connectivity index (χ4v) is 1.08. The van der Waals surface area contributed by atoms with E-state index in [-0.39, 0.29) is 5.82 Å². The Morgan fingerprint density at radius 3 is 2.92 bits per heavy atom. The van der Waals surface area contributed by atoms with E-state index >= 15 is 0 Å². The average Bonchev–Trinajstić information content (AvgIpc) is 2.15. The molecule has 1 aromatic rings. The van der Waals surface area contributed by atoms with Crippen LogP contribution in [0.3, 0.4) is 0 Å². The van der Waals surface area contributed by atoms with Gasteiger partial charge in [-0.3, -0.25) is 0 Å². The molecule has 13 heavy (non-hydrogen) atoms. The van der Waals surface area contributed by atoms with E-state index in [1.807, 2.05) is 0 Å². The van der Waals surface area contributed by atoms with Crippen molar-refractivity contribution in [2.24, 2.45) is 5.73 Å². The lowest BCUT2D eigenvalue weighted by molar-refractivity contribution is 0.629. The molecule has 0 radical (unpaired) electrons. The molecule has 0 aliphatic heterocycles. The molecule has 0 fully saturated rings. The third-order valence-electron chi connectivity index (χ3n) is 1.69. The fraction of sp³-hybridized carbons (Fsp3) is 0.200. The summed E-state index contributed by atoms with van der Waals surface area (Å²) in [6.07, 6.45) is 5.05. The molecule has 3 N–H and O–H groups in total. The van der Waals surface area contributed by atoms with Crippen LogP contribution in [0.5, 0.6) is 0 Å². The molecule has 1 aromatic carbocycles. The first-order valence-corrected chi connectivity index (χ1v) is 3.94. The Balaban J connectivity index is 2.95. The second-order valence-electron chi connectivity index (χ2n) is 2.54. The standard InChI is InChI=1S/C10H11FN2/c1-2-6-13-10-8(7-12)4-3-5-9(10)11/h1,3-5,13H,6-7,12H2. The van der Waals surface area contributed by atoms with Crippen LogP contribution < -0.4 is 11.1 Å². The van der Waals surface area contributed by atoms with Gasteiger partial charge in [-0.2, -0.15) is 0 Å². The lowest BCUT2D eigenvalue weighted by atomic mass is 10.1. The number of nitrogens with two attached hydrogens (primary N) is 1. The van der Waals surface area contributed by atoms with Crippen molar-refractivity contribution in [3.05, 3.63) is 29.6 Å². The quantitative estimate of drug-likeness (QED) is 0.685. The SMILES string of the molecule is C#CCNc1c(F)cccc1CN. The Kier molecular flexibility index (Phi) is 3.30. The van der Waals surface area contributed by atoms with Gasteiger partial charge in [-0.05, 0) is 11.6 Å². The van der Waals surface area contributed by atoms with Crippen molar-refractivity contribution in [1.82, 2.24) is 0 Å². The van der Waals surface area contributed by atoms with Crippen LogP contribution in [0.15, 0.2) is 18.2 Å². The summed E-state index contributed by atoms with van der Waals surface area (Å²) >= 11 is 0. The van der Waals surface area contributed by atoms with E-state index in [2.05, 4.69) is 11.2 Å². The number of benzene rings is 1. The molecule has 0 aliphatic rings. The van der Waals surface area contributed by atoms with Crippen LogP contribution in [0.1, 0.15) is 5.56 Å². The van der Waals surface area contributed by atoms with Gasteiger partial charge in [0.1, 0.15) is 5.82 Å². The van der Waals surface area contributed by atoms with Crippen LogP contribution in [-0.2, 0) is 6.54 Å². The number of anilines is 1. The van der Waals surface area contributed by atoms with Gasteiger partial charge in [0, 0.05) is 6.54 Å². The highest BCUT2D eigenvalue weighted by Crippen LogP contribution is 2.18. The maximum absolute atomic E-state index is 13.2. The summed E-state index contributed by atoms with van der Waals surface area (Å²) in [6, 6.07) is 4.76. The first-order chi connectivity index (χ1) is 6.29. The molecular weight excluding hydrogens is 167 g/mol. The summed E-state index contributed by atoms with van der Waals surface area (Å²) in [7, 11) is 0. The van der Waals surface area contributed by atoms with Crippen LogP contribution in [0, 0.1) is 18.2 Å². The van der Waals surface area contributed by atoms with Gasteiger partial charge in [0.25, 0.3) is 0 Å². The molecule has 0 aromatic heterocycles. The zero-order chi connectivity index (χ0) is 9.68. The molecular formula is C10H11FN2. The number of hydrogen-bond donors (Lipinski definition) is 2. The summed E-state index contributed by atoms with van der Waals surface area (Å²) < 4.78 is 13.2. The predicted molar refractivity (Wildman–Crippen MR) is 51.6 cm³/mol. The van der Waals surface area contributed by atoms with Gasteiger partial charge in [-0.25, -0.2) is 4.39 Å². The van der Waals surface area contributed by atoms with Gasteiger partial charge in [0.2, 0.25) is 0 Å². The molecule has 0 spiro atoms. The maximum atomic E-state index is 13.2. The average molecular weight is 178 g/mol. The van der Waals surface area contributed by atoms with Crippen molar-refractivity contribution in [3.8, 4) is 12.3 Å². The molecule has 68 valence electrons. The molecule has 0 bridgehead atoms. The minimum absolute atomic E-state index is 0.296. The predicted octanol–water partition coefficient (Wildman–Crippen LogP) is 1.33. The molecule has 0 heterocycles. The van der Waals surface area contributed by atoms with Crippen LogP contribution in [0.25, 0.3) is 0 Å². The zero-order valence-corrected chi connectivity index (χ0v) is 7.18. The summed E-state index contributed by atoms with van der Waals surface area (Å²) in [5.74, 6) is 2.06. The number of halogens is 1. The van der Waals surface area contributed by atoms with Crippen LogP contribution in [0.2, 0.25) is 0 Å². The minimum atomic E-state index is -0.321. The molecule has 1 rings (SSSR count). The number of terminal acetylenes is 1. The molecule has 0 saturated heterocycles. The number of nitrogens with one attached hydrogen (secondary N) is 1. The van der Waals surface area contributed by atoms with E-state index < -0.39 is 0 Å². The van der Waals surface area contributed by atoms with E-state index in [0.717, 1.165) is 5.56 Å². The summed E-state index contributed by atoms with van der Waals surface area (Å²) in [5, 5.41) is 2.79. The van der Waals surface area contributed by atoms with Crippen molar-refractivity contribution < 1.29 is 4.39 Å². The van der Waals surface area contributed by atoms with E-state index in [4.69, 9.17) is 12.2 Å².